The van der Waals surface area contributed by atoms with Gasteiger partial charge in [-0.3, -0.25) is 13.7 Å². The Balaban J connectivity index is 0.896. The van der Waals surface area contributed by atoms with Gasteiger partial charge in [-0.25, -0.2) is 4.98 Å². The maximum absolute atomic E-state index is 6.98. The zero-order chi connectivity index (χ0) is 63.9. The minimum absolute atomic E-state index is 0.0478. The number of benzene rings is 13. The molecule has 454 valence electrons. The Morgan fingerprint density at radius 1 is 0.358 bits per heavy atom. The average Bonchev–Trinajstić information content (AvgIpc) is 1.20. The van der Waals surface area contributed by atoms with E-state index in [2.05, 4.69) is 387 Å². The van der Waals surface area contributed by atoms with Crippen LogP contribution in [0.15, 0.2) is 358 Å². The third-order valence-electron chi connectivity index (χ3n) is 19.1. The lowest BCUT2D eigenvalue weighted by molar-refractivity contribution is -0.571. The highest BCUT2D eigenvalue weighted by molar-refractivity contribution is 7.20. The standard InChI is InChI=1S/C88H68N4OSi2/c1-88(2,3)66-56-57-89-86(60-66)92-82-51-23-22-48-80(82)81-55-54-69(62-85(81)92)93-68-33-28-32-67(61-68)90-63-91(84-53-25-24-52-83(84)90)87-78(64-30-26-46-76(58-64)94(70-34-10-4-11-35-70,71-36-12-5-13-37-71)72-38-14-6-15-39-72)49-29-50-79(87)65-31-27-47-77(59-65)95(73-40-16-7-17-41-73,74-42-18-8-19-43-74)75-44-20-9-21-45-75/h4-62H,1-3H3. The van der Waals surface area contributed by atoms with Gasteiger partial charge in [-0.1, -0.05) is 318 Å². The molecule has 5 nitrogen and oxygen atoms in total. The van der Waals surface area contributed by atoms with Gasteiger partial charge in [0.1, 0.15) is 17.3 Å². The summed E-state index contributed by atoms with van der Waals surface area (Å²) in [5.74, 6) is 2.30. The maximum atomic E-state index is 6.98. The highest BCUT2D eigenvalue weighted by atomic mass is 28.3. The van der Waals surface area contributed by atoms with Gasteiger partial charge < -0.3 is 4.74 Å². The molecule has 0 spiro atoms. The van der Waals surface area contributed by atoms with Crippen molar-refractivity contribution >= 4 is 90.5 Å². The first-order valence-corrected chi connectivity index (χ1v) is 36.7. The molecule has 0 aliphatic carbocycles. The van der Waals surface area contributed by atoms with E-state index in [1.165, 1.54) is 47.1 Å². The number of ether oxygens (including phenoxy) is 1. The minimum Gasteiger partial charge on any atom is -0.458 e. The van der Waals surface area contributed by atoms with Crippen molar-refractivity contribution in [3.8, 4) is 50.9 Å². The number of para-hydroxylation sites is 4. The molecular formula is C88H68N4OSi2. The van der Waals surface area contributed by atoms with Crippen molar-refractivity contribution < 1.29 is 9.30 Å². The number of hydrogen-bond donors (Lipinski definition) is 0. The van der Waals surface area contributed by atoms with Gasteiger partial charge in [0.2, 0.25) is 0 Å². The number of pyridine rings is 1. The van der Waals surface area contributed by atoms with Crippen molar-refractivity contribution in [3.05, 3.63) is 370 Å². The summed E-state index contributed by atoms with van der Waals surface area (Å²) < 4.78 is 13.8. The van der Waals surface area contributed by atoms with Crippen LogP contribution in [0.25, 0.3) is 72.3 Å². The van der Waals surface area contributed by atoms with Crippen LogP contribution in [-0.4, -0.2) is 30.3 Å². The fourth-order valence-electron chi connectivity index (χ4n) is 14.7. The highest BCUT2D eigenvalue weighted by Crippen LogP contribution is 2.38. The van der Waals surface area contributed by atoms with E-state index in [1.807, 2.05) is 12.3 Å². The van der Waals surface area contributed by atoms with Gasteiger partial charge in [0.25, 0.3) is 6.33 Å². The van der Waals surface area contributed by atoms with Crippen molar-refractivity contribution in [1.29, 1.82) is 0 Å². The summed E-state index contributed by atoms with van der Waals surface area (Å²) in [5, 5.41) is 12.8. The zero-order valence-electron chi connectivity index (χ0n) is 53.3. The Labute approximate surface area is 557 Å². The first kappa shape index (κ1) is 58.6. The first-order valence-electron chi connectivity index (χ1n) is 32.7. The van der Waals surface area contributed by atoms with Gasteiger partial charge in [0.05, 0.1) is 33.4 Å². The van der Waals surface area contributed by atoms with Crippen molar-refractivity contribution in [2.24, 2.45) is 0 Å². The summed E-state index contributed by atoms with van der Waals surface area (Å²) in [6.07, 6.45) is 5.97. The van der Waals surface area contributed by atoms with Crippen LogP contribution in [0.1, 0.15) is 26.3 Å². The fourth-order valence-corrected chi connectivity index (χ4v) is 24.3. The zero-order valence-corrected chi connectivity index (χ0v) is 55.3. The predicted molar refractivity (Wildman–Crippen MR) is 399 cm³/mol. The second-order valence-electron chi connectivity index (χ2n) is 25.6. The van der Waals surface area contributed by atoms with Crippen molar-refractivity contribution in [2.45, 2.75) is 26.2 Å². The van der Waals surface area contributed by atoms with E-state index in [0.29, 0.717) is 5.75 Å². The van der Waals surface area contributed by atoms with E-state index in [1.54, 1.807) is 0 Å². The highest BCUT2D eigenvalue weighted by Gasteiger charge is 2.43. The normalized spacial score (nSPS) is 11.9. The monoisotopic (exact) mass is 1250 g/mol. The van der Waals surface area contributed by atoms with E-state index in [-0.39, 0.29) is 5.41 Å². The average molecular weight is 1250 g/mol. The fraction of sp³-hybridized carbons (Fsp3) is 0.0455. The van der Waals surface area contributed by atoms with Crippen LogP contribution in [0.4, 0.5) is 0 Å². The number of hydrogen-bond acceptors (Lipinski definition) is 2. The molecular weight excluding hydrogens is 1190 g/mol. The molecule has 16 aromatic rings. The first-order chi connectivity index (χ1) is 46.7. The molecule has 0 amide bonds. The minimum atomic E-state index is -2.96. The molecule has 0 bridgehead atoms. The van der Waals surface area contributed by atoms with Crippen LogP contribution in [-0.2, 0) is 5.41 Å². The van der Waals surface area contributed by atoms with Crippen molar-refractivity contribution in [3.63, 3.8) is 0 Å². The number of nitrogens with zero attached hydrogens (tertiary/aromatic N) is 4. The predicted octanol–water partition coefficient (Wildman–Crippen LogP) is 15.4. The van der Waals surface area contributed by atoms with Crippen LogP contribution in [0.2, 0.25) is 0 Å². The molecule has 16 rings (SSSR count). The molecule has 0 saturated heterocycles. The number of fused-ring (bicyclic) bond motifs is 4. The van der Waals surface area contributed by atoms with Crippen LogP contribution >= 0.6 is 0 Å². The molecule has 0 N–H and O–H groups in total. The summed E-state index contributed by atoms with van der Waals surface area (Å²) in [5.41, 5.74) is 11.6. The largest absolute Gasteiger partial charge is 0.458 e. The number of imidazole rings is 1. The Morgan fingerprint density at radius 3 is 1.31 bits per heavy atom. The molecule has 3 aromatic heterocycles. The summed E-state index contributed by atoms with van der Waals surface area (Å²) in [4.78, 5) is 4.96. The van der Waals surface area contributed by atoms with Crippen molar-refractivity contribution in [1.82, 2.24) is 14.1 Å². The lowest BCUT2D eigenvalue weighted by Crippen LogP contribution is -2.74. The van der Waals surface area contributed by atoms with Crippen LogP contribution in [0, 0.1) is 6.33 Å². The van der Waals surface area contributed by atoms with Gasteiger partial charge in [0, 0.05) is 23.0 Å². The Kier molecular flexibility index (Phi) is 15.1. The molecule has 95 heavy (non-hydrogen) atoms. The smallest absolute Gasteiger partial charge is 0.269 e. The molecule has 0 atom stereocenters. The molecule has 0 aliphatic rings. The van der Waals surface area contributed by atoms with E-state index in [9.17, 15) is 0 Å². The quantitative estimate of drug-likeness (QED) is 0.0444. The Hall–Kier alpha value is -11.5. The molecule has 0 fully saturated rings. The second-order valence-corrected chi connectivity index (χ2v) is 33.2. The van der Waals surface area contributed by atoms with Gasteiger partial charge in [0.15, 0.2) is 16.1 Å². The van der Waals surface area contributed by atoms with Gasteiger partial charge in [-0.2, -0.15) is 0 Å². The van der Waals surface area contributed by atoms with Gasteiger partial charge in [-0.15, -0.1) is 0 Å². The van der Waals surface area contributed by atoms with E-state index >= 15 is 0 Å². The third kappa shape index (κ3) is 10.3. The number of rotatable bonds is 15. The molecule has 3 heterocycles. The SMILES string of the molecule is CC(C)(C)c1ccnc(-n2c3ccccc3c3ccc(Oc4cccc(-n5[c-][n+](-c6c(-c7cccc([Si](c8ccccc8)(c8ccccc8)c8ccccc8)c7)cccc6-c6cccc([Si](c7ccccc7)(c7ccccc7)c7ccccc7)c6)c6ccccc65)c4)cc32)c1. The van der Waals surface area contributed by atoms with Gasteiger partial charge >= 0.3 is 0 Å². The topological polar surface area (TPSA) is 35.9 Å². The van der Waals surface area contributed by atoms with E-state index < -0.39 is 16.1 Å². The Bertz CT molecular complexity index is 5050. The van der Waals surface area contributed by atoms with Crippen molar-refractivity contribution in [2.75, 3.05) is 0 Å². The second kappa shape index (κ2) is 24.5. The summed E-state index contributed by atoms with van der Waals surface area (Å²) in [7, 11) is -5.92. The van der Waals surface area contributed by atoms with E-state index in [4.69, 9.17) is 9.72 Å². The Morgan fingerprint density at radius 2 is 0.789 bits per heavy atom. The molecule has 7 heteroatoms. The lowest BCUT2D eigenvalue weighted by Gasteiger charge is -2.35. The third-order valence-corrected chi connectivity index (χ3v) is 28.6. The summed E-state index contributed by atoms with van der Waals surface area (Å²) in [6, 6.07) is 129. The molecule has 0 saturated carbocycles. The maximum Gasteiger partial charge on any atom is 0.269 e. The summed E-state index contributed by atoms with van der Waals surface area (Å²) >= 11 is 0. The molecule has 0 radical (unpaired) electrons. The van der Waals surface area contributed by atoms with Crippen LogP contribution in [0.3, 0.4) is 0 Å². The molecule has 0 aliphatic heterocycles. The van der Waals surface area contributed by atoms with Crippen LogP contribution in [0.5, 0.6) is 11.5 Å². The van der Waals surface area contributed by atoms with Crippen LogP contribution < -0.4 is 50.8 Å². The lowest BCUT2D eigenvalue weighted by atomic mass is 9.88. The molecule has 0 unspecified atom stereocenters. The molecule has 13 aromatic carbocycles. The number of aromatic nitrogens is 4. The van der Waals surface area contributed by atoms with E-state index in [0.717, 1.165) is 78.0 Å². The van der Waals surface area contributed by atoms with Gasteiger partial charge in [-0.05, 0) is 123 Å². The summed E-state index contributed by atoms with van der Waals surface area (Å²) in [6.45, 7) is 6.73.